The van der Waals surface area contributed by atoms with Crippen LogP contribution >= 0.6 is 0 Å². The third kappa shape index (κ3) is 3.63. The molecule has 1 heterocycles. The minimum absolute atomic E-state index is 0.0144. The summed E-state index contributed by atoms with van der Waals surface area (Å²) in [5.41, 5.74) is 7.83. The average molecular weight is 286 g/mol. The summed E-state index contributed by atoms with van der Waals surface area (Å²) in [6, 6.07) is 5.66. The molecule has 0 radical (unpaired) electrons. The van der Waals surface area contributed by atoms with Crippen LogP contribution in [0, 0.1) is 24.7 Å². The van der Waals surface area contributed by atoms with Crippen LogP contribution in [0.2, 0.25) is 0 Å². The molecule has 1 aromatic carbocycles. The summed E-state index contributed by atoms with van der Waals surface area (Å²) >= 11 is 0. The molecular weight excluding hydrogens is 264 g/mol. The normalized spacial score (nSPS) is 19.0. The van der Waals surface area contributed by atoms with Gasteiger partial charge in [-0.2, -0.15) is 0 Å². The van der Waals surface area contributed by atoms with Gasteiger partial charge in [0.2, 0.25) is 0 Å². The maximum Gasteiger partial charge on any atom is 0.255 e. The van der Waals surface area contributed by atoms with Crippen molar-refractivity contribution in [2.75, 3.05) is 19.6 Å². The van der Waals surface area contributed by atoms with E-state index >= 15 is 0 Å². The van der Waals surface area contributed by atoms with Crippen LogP contribution in [0.3, 0.4) is 0 Å². The van der Waals surface area contributed by atoms with E-state index in [1.165, 1.54) is 0 Å². The van der Waals surface area contributed by atoms with Crippen molar-refractivity contribution in [2.24, 2.45) is 11.7 Å². The molecule has 2 rings (SSSR count). The Bertz CT molecular complexity index is 584. The number of amides is 1. The van der Waals surface area contributed by atoms with Crippen LogP contribution in [0.25, 0.3) is 0 Å². The summed E-state index contributed by atoms with van der Waals surface area (Å²) in [5.74, 6) is 5.94. The Morgan fingerprint density at radius 3 is 2.95 bits per heavy atom. The number of aliphatic hydroxyl groups is 1. The predicted molar refractivity (Wildman–Crippen MR) is 82.8 cm³/mol. The van der Waals surface area contributed by atoms with Gasteiger partial charge in [-0.1, -0.05) is 17.9 Å². The first kappa shape index (κ1) is 15.6. The third-order valence-corrected chi connectivity index (χ3v) is 3.92. The molecular formula is C17H22N2O2. The highest BCUT2D eigenvalue weighted by atomic mass is 16.3. The molecule has 4 nitrogen and oxygen atoms in total. The molecule has 1 aliphatic rings. The summed E-state index contributed by atoms with van der Waals surface area (Å²) in [4.78, 5) is 14.5. The highest BCUT2D eigenvalue weighted by Gasteiger charge is 2.30. The Hall–Kier alpha value is -1.83. The van der Waals surface area contributed by atoms with E-state index in [1.54, 1.807) is 11.8 Å². The molecule has 0 aliphatic carbocycles. The van der Waals surface area contributed by atoms with Crippen molar-refractivity contribution >= 4 is 5.91 Å². The molecule has 1 amide bonds. The van der Waals surface area contributed by atoms with Gasteiger partial charge in [0.15, 0.2) is 0 Å². The molecule has 2 unspecified atom stereocenters. The van der Waals surface area contributed by atoms with Crippen molar-refractivity contribution in [1.29, 1.82) is 0 Å². The van der Waals surface area contributed by atoms with Crippen molar-refractivity contribution in [2.45, 2.75) is 26.4 Å². The van der Waals surface area contributed by atoms with Gasteiger partial charge in [0.1, 0.15) is 0 Å². The first-order valence-electron chi connectivity index (χ1n) is 7.30. The summed E-state index contributed by atoms with van der Waals surface area (Å²) < 4.78 is 0. The number of rotatable bonds is 2. The van der Waals surface area contributed by atoms with Gasteiger partial charge in [-0.15, -0.1) is 0 Å². The smallest absolute Gasteiger partial charge is 0.255 e. The zero-order valence-electron chi connectivity index (χ0n) is 12.6. The van der Waals surface area contributed by atoms with Crippen molar-refractivity contribution in [3.8, 4) is 11.8 Å². The molecule has 0 saturated carbocycles. The lowest BCUT2D eigenvalue weighted by Gasteiger charge is -2.18. The highest BCUT2D eigenvalue weighted by Crippen LogP contribution is 2.23. The summed E-state index contributed by atoms with van der Waals surface area (Å²) in [6.45, 7) is 5.32. The second-order valence-corrected chi connectivity index (χ2v) is 5.60. The van der Waals surface area contributed by atoms with Gasteiger partial charge >= 0.3 is 0 Å². The van der Waals surface area contributed by atoms with Gasteiger partial charge in [-0.05, 0) is 38.0 Å². The zero-order valence-corrected chi connectivity index (χ0v) is 12.6. The molecule has 3 N–H and O–H groups in total. The van der Waals surface area contributed by atoms with Crippen LogP contribution in [0.15, 0.2) is 18.2 Å². The standard InChI is InChI=1S/C17H22N2O2/c1-12-5-6-16(14(10-12)4-3-8-18)17(21)19-9-7-15(11-19)13(2)20/h5-6,10,13,15,20H,7-9,11,18H2,1-2H3. The number of aliphatic hydroxyl groups excluding tert-OH is 1. The van der Waals surface area contributed by atoms with E-state index in [-0.39, 0.29) is 24.5 Å². The third-order valence-electron chi connectivity index (χ3n) is 3.92. The van der Waals surface area contributed by atoms with Crippen molar-refractivity contribution in [3.05, 3.63) is 34.9 Å². The number of hydrogen-bond donors (Lipinski definition) is 2. The van der Waals surface area contributed by atoms with Crippen LogP contribution in [-0.2, 0) is 0 Å². The summed E-state index contributed by atoms with van der Waals surface area (Å²) in [5, 5.41) is 9.66. The van der Waals surface area contributed by atoms with E-state index in [2.05, 4.69) is 11.8 Å². The Kier molecular flexibility index (Phi) is 5.00. The van der Waals surface area contributed by atoms with E-state index in [1.807, 2.05) is 25.1 Å². The Balaban J connectivity index is 2.23. The lowest BCUT2D eigenvalue weighted by molar-refractivity contribution is 0.0762. The molecule has 0 aromatic heterocycles. The molecule has 1 fully saturated rings. The minimum Gasteiger partial charge on any atom is -0.393 e. The first-order chi connectivity index (χ1) is 10.0. The molecule has 1 aromatic rings. The predicted octanol–water partition coefficient (Wildman–Crippen LogP) is 1.15. The van der Waals surface area contributed by atoms with Crippen molar-refractivity contribution in [1.82, 2.24) is 4.90 Å². The van der Waals surface area contributed by atoms with Crippen LogP contribution < -0.4 is 5.73 Å². The largest absolute Gasteiger partial charge is 0.393 e. The Labute approximate surface area is 125 Å². The number of carbonyl (C=O) groups excluding carboxylic acids is 1. The maximum atomic E-state index is 12.7. The number of hydrogen-bond acceptors (Lipinski definition) is 3. The Morgan fingerprint density at radius 2 is 2.33 bits per heavy atom. The monoisotopic (exact) mass is 286 g/mol. The lowest BCUT2D eigenvalue weighted by Crippen LogP contribution is -2.31. The quantitative estimate of drug-likeness (QED) is 0.801. The van der Waals surface area contributed by atoms with E-state index < -0.39 is 0 Å². The van der Waals surface area contributed by atoms with Crippen LogP contribution in [-0.4, -0.2) is 41.7 Å². The maximum absolute atomic E-state index is 12.7. The summed E-state index contributed by atoms with van der Waals surface area (Å²) in [7, 11) is 0. The molecule has 2 atom stereocenters. The lowest BCUT2D eigenvalue weighted by atomic mass is 10.0. The van der Waals surface area contributed by atoms with Gasteiger partial charge < -0.3 is 15.7 Å². The topological polar surface area (TPSA) is 66.6 Å². The fourth-order valence-electron chi connectivity index (χ4n) is 2.63. The molecule has 112 valence electrons. The van der Waals surface area contributed by atoms with E-state index in [9.17, 15) is 9.90 Å². The molecule has 21 heavy (non-hydrogen) atoms. The van der Waals surface area contributed by atoms with Gasteiger partial charge in [0.25, 0.3) is 5.91 Å². The van der Waals surface area contributed by atoms with Gasteiger partial charge in [0, 0.05) is 24.6 Å². The van der Waals surface area contributed by atoms with Crippen LogP contribution in [0.4, 0.5) is 0 Å². The molecule has 1 aliphatic heterocycles. The molecule has 4 heteroatoms. The van der Waals surface area contributed by atoms with Crippen molar-refractivity contribution < 1.29 is 9.90 Å². The van der Waals surface area contributed by atoms with Crippen LogP contribution in [0.1, 0.15) is 34.8 Å². The van der Waals surface area contributed by atoms with Gasteiger partial charge in [0.05, 0.1) is 18.2 Å². The number of carbonyl (C=O) groups is 1. The number of likely N-dealkylation sites (tertiary alicyclic amines) is 1. The van der Waals surface area contributed by atoms with Gasteiger partial charge in [-0.25, -0.2) is 0 Å². The fourth-order valence-corrected chi connectivity index (χ4v) is 2.63. The van der Waals surface area contributed by atoms with E-state index in [0.29, 0.717) is 18.7 Å². The van der Waals surface area contributed by atoms with E-state index in [4.69, 9.17) is 5.73 Å². The fraction of sp³-hybridized carbons (Fsp3) is 0.471. The van der Waals surface area contributed by atoms with Gasteiger partial charge in [-0.3, -0.25) is 4.79 Å². The number of aryl methyl sites for hydroxylation is 1. The van der Waals surface area contributed by atoms with Crippen molar-refractivity contribution in [3.63, 3.8) is 0 Å². The minimum atomic E-state index is -0.377. The molecule has 0 spiro atoms. The SMILES string of the molecule is Cc1ccc(C(=O)N2CCC(C(C)O)C2)c(C#CCN)c1. The first-order valence-corrected chi connectivity index (χ1v) is 7.30. The second-order valence-electron chi connectivity index (χ2n) is 5.60. The number of nitrogens with zero attached hydrogens (tertiary/aromatic N) is 1. The highest BCUT2D eigenvalue weighted by molar-refractivity contribution is 5.97. The number of nitrogens with two attached hydrogens (primary N) is 1. The Morgan fingerprint density at radius 1 is 1.57 bits per heavy atom. The molecule has 0 bridgehead atoms. The van der Waals surface area contributed by atoms with Crippen LogP contribution in [0.5, 0.6) is 0 Å². The second kappa shape index (κ2) is 6.75. The number of benzene rings is 1. The average Bonchev–Trinajstić information content (AvgIpc) is 2.94. The summed E-state index contributed by atoms with van der Waals surface area (Å²) in [6.07, 6.45) is 0.469. The zero-order chi connectivity index (χ0) is 15.4. The molecule has 1 saturated heterocycles. The van der Waals surface area contributed by atoms with E-state index in [0.717, 1.165) is 17.5 Å².